The van der Waals surface area contributed by atoms with E-state index in [2.05, 4.69) is 34.6 Å². The van der Waals surface area contributed by atoms with Crippen LogP contribution in [0.2, 0.25) is 0 Å². The van der Waals surface area contributed by atoms with Gasteiger partial charge in [0.1, 0.15) is 41.1 Å². The lowest BCUT2D eigenvalue weighted by molar-refractivity contribution is -0.0521. The van der Waals surface area contributed by atoms with Gasteiger partial charge in [-0.15, -0.1) is 0 Å². The van der Waals surface area contributed by atoms with Crippen molar-refractivity contribution in [2.75, 3.05) is 55.8 Å². The molecular formula is C74H67F8N9O15S3. The zero-order valence-electron chi connectivity index (χ0n) is 58.5. The molecular weight excluding hydrogens is 1500 g/mol. The van der Waals surface area contributed by atoms with E-state index in [9.17, 15) is 70.4 Å². The molecule has 35 heteroatoms. The Morgan fingerprint density at radius 3 is 1.38 bits per heavy atom. The highest BCUT2D eigenvalue weighted by Gasteiger charge is 2.32. The van der Waals surface area contributed by atoms with Crippen molar-refractivity contribution in [1.82, 2.24) is 43.6 Å². The van der Waals surface area contributed by atoms with Crippen LogP contribution in [0.4, 0.5) is 35.1 Å². The van der Waals surface area contributed by atoms with Gasteiger partial charge in [0.15, 0.2) is 51.4 Å². The van der Waals surface area contributed by atoms with E-state index in [1.54, 1.807) is 57.2 Å². The molecule has 6 aromatic heterocycles. The maximum absolute atomic E-state index is 16.7. The van der Waals surface area contributed by atoms with Crippen LogP contribution in [-0.2, 0) is 42.4 Å². The van der Waals surface area contributed by atoms with Gasteiger partial charge in [-0.2, -0.15) is 26.3 Å². The van der Waals surface area contributed by atoms with Crippen molar-refractivity contribution in [3.63, 3.8) is 0 Å². The van der Waals surface area contributed by atoms with Gasteiger partial charge in [0.05, 0.1) is 71.8 Å². The SMILES string of the molecule is CCOc1cc([C@@H](CS(C)(=O)=O)n2c(=O)[nH]c3cc(-c4cccc(CCOc5cc([C@@H](CS(C)(=O)=O)n6c(=O)[nH]c7c(C)c(-c8cccc(CCOc9cc([C@@H](CS(C)(=O)=O)n%10c(=O)[nH]c%11c(C)c(-c%12ccccc%12F)cnc%11%10)ccc9OC(F)F)c8)cnc76)ccc5OC(F)F)c4F)cnc32)ccc1OC(F)F. The molecule has 0 spiro atoms. The molecule has 0 aliphatic heterocycles. The number of aromatic nitrogens is 9. The fourth-order valence-corrected chi connectivity index (χ4v) is 15.9. The number of benzene rings is 6. The standard InChI is InChI=1S/C74H67F8N9O15S3/c1-7-101-60-30-44(18-21-57(60)104-69(77)78)54(36-107(4,95)96)89-66-53(86-72(89)92)29-47(33-83-66)48-16-11-13-42(63(48)76)25-27-103-62-32-46(20-23-59(62)106-71(81)82)55(37-108(5,97)98)90-67-64(87-73(90)93)39(2)50(34-84-67)43-14-10-12-41(28-43)24-26-102-61-31-45(19-22-58(61)105-70(79)80)56(38-109(6,99)100)91-68-65(88-74(91)94)40(3)51(35-85-68)49-15-8-9-17-52(49)75/h8-23,28-35,54-56,69-71H,7,24-27,36-38H2,1-6H3,(H,86,92)(H,87,93)(H,88,94)/t54-,55-,56-/m1/s1. The summed E-state index contributed by atoms with van der Waals surface area (Å²) in [5.41, 5.74) is 1.78. The molecule has 572 valence electrons. The number of hydrogen-bond donors (Lipinski definition) is 3. The van der Waals surface area contributed by atoms with Crippen molar-refractivity contribution >= 4 is 63.0 Å². The Morgan fingerprint density at radius 1 is 0.440 bits per heavy atom. The summed E-state index contributed by atoms with van der Waals surface area (Å²) >= 11 is 0. The van der Waals surface area contributed by atoms with E-state index in [1.807, 2.05) is 0 Å². The van der Waals surface area contributed by atoms with E-state index in [1.165, 1.54) is 91.4 Å². The lowest BCUT2D eigenvalue weighted by Crippen LogP contribution is -2.28. The Kier molecular flexibility index (Phi) is 22.3. The first-order valence-corrected chi connectivity index (χ1v) is 39.5. The first kappa shape index (κ1) is 77.3. The van der Waals surface area contributed by atoms with E-state index in [0.717, 1.165) is 50.7 Å². The van der Waals surface area contributed by atoms with Gasteiger partial charge in [0, 0.05) is 78.0 Å². The van der Waals surface area contributed by atoms with Gasteiger partial charge in [0.2, 0.25) is 0 Å². The summed E-state index contributed by atoms with van der Waals surface area (Å²) in [6.45, 7) is -5.56. The number of halogens is 8. The molecule has 0 amide bonds. The number of alkyl halides is 6. The third-order valence-electron chi connectivity index (χ3n) is 17.9. The summed E-state index contributed by atoms with van der Waals surface area (Å²) in [7, 11) is -11.8. The molecule has 12 rings (SSSR count). The molecule has 0 fully saturated rings. The lowest BCUT2D eigenvalue weighted by atomic mass is 9.99. The minimum Gasteiger partial charge on any atom is -0.490 e. The largest absolute Gasteiger partial charge is 0.490 e. The molecule has 109 heavy (non-hydrogen) atoms. The van der Waals surface area contributed by atoms with Crippen molar-refractivity contribution < 1.29 is 88.8 Å². The molecule has 0 saturated carbocycles. The van der Waals surface area contributed by atoms with Crippen molar-refractivity contribution in [1.29, 1.82) is 0 Å². The van der Waals surface area contributed by atoms with E-state index in [-0.39, 0.29) is 121 Å². The molecule has 6 aromatic carbocycles. The van der Waals surface area contributed by atoms with Crippen molar-refractivity contribution in [2.24, 2.45) is 0 Å². The van der Waals surface area contributed by atoms with Crippen LogP contribution in [0.15, 0.2) is 160 Å². The monoisotopic (exact) mass is 1570 g/mol. The Labute approximate surface area is 615 Å². The van der Waals surface area contributed by atoms with Crippen LogP contribution in [0.1, 0.15) is 64.0 Å². The van der Waals surface area contributed by atoms with Crippen LogP contribution >= 0.6 is 0 Å². The number of rotatable bonds is 31. The van der Waals surface area contributed by atoms with E-state index >= 15 is 4.39 Å². The van der Waals surface area contributed by atoms with Crippen molar-refractivity contribution in [3.05, 3.63) is 228 Å². The first-order chi connectivity index (χ1) is 51.7. The summed E-state index contributed by atoms with van der Waals surface area (Å²) in [4.78, 5) is 63.6. The summed E-state index contributed by atoms with van der Waals surface area (Å²) in [6.07, 6.45) is 6.79. The lowest BCUT2D eigenvalue weighted by Gasteiger charge is -2.21. The number of nitrogens with zero attached hydrogens (tertiary/aromatic N) is 6. The fourth-order valence-electron chi connectivity index (χ4n) is 13.2. The van der Waals surface area contributed by atoms with E-state index in [4.69, 9.17) is 23.7 Å². The highest BCUT2D eigenvalue weighted by Crippen LogP contribution is 2.40. The average molecular weight is 1570 g/mol. The summed E-state index contributed by atoms with van der Waals surface area (Å²) in [5.74, 6) is -5.32. The van der Waals surface area contributed by atoms with Gasteiger partial charge in [-0.3, -0.25) is 13.7 Å². The Hall–Kier alpha value is -11.3. The molecule has 0 saturated heterocycles. The van der Waals surface area contributed by atoms with Gasteiger partial charge in [0.25, 0.3) is 0 Å². The Morgan fingerprint density at radius 2 is 0.881 bits per heavy atom. The smallest absolute Gasteiger partial charge is 0.387 e. The molecule has 0 radical (unpaired) electrons. The highest BCUT2D eigenvalue weighted by atomic mass is 32.2. The summed E-state index contributed by atoms with van der Waals surface area (Å²) in [5, 5.41) is 0. The zero-order valence-corrected chi connectivity index (χ0v) is 61.0. The number of pyridine rings is 3. The summed E-state index contributed by atoms with van der Waals surface area (Å²) < 4.78 is 228. The molecule has 12 aromatic rings. The van der Waals surface area contributed by atoms with E-state index < -0.39 is 132 Å². The van der Waals surface area contributed by atoms with Gasteiger partial charge >= 0.3 is 36.9 Å². The third kappa shape index (κ3) is 17.3. The highest BCUT2D eigenvalue weighted by molar-refractivity contribution is 7.91. The van der Waals surface area contributed by atoms with Crippen LogP contribution in [0.3, 0.4) is 0 Å². The number of fused-ring (bicyclic) bond motifs is 3. The number of ether oxygens (including phenoxy) is 6. The van der Waals surface area contributed by atoms with Gasteiger partial charge in [-0.1, -0.05) is 78.9 Å². The molecule has 3 N–H and O–H groups in total. The van der Waals surface area contributed by atoms with Gasteiger partial charge < -0.3 is 43.4 Å². The summed E-state index contributed by atoms with van der Waals surface area (Å²) in [6, 6.07) is 25.8. The molecule has 0 unspecified atom stereocenters. The predicted molar refractivity (Wildman–Crippen MR) is 389 cm³/mol. The van der Waals surface area contributed by atoms with Gasteiger partial charge in [-0.05, 0) is 114 Å². The number of nitrogens with one attached hydrogen (secondary N) is 3. The fraction of sp³-hybridized carbons (Fsp3) is 0.270. The van der Waals surface area contributed by atoms with Crippen LogP contribution in [0.5, 0.6) is 34.5 Å². The molecule has 0 aliphatic rings. The second-order valence-corrected chi connectivity index (χ2v) is 32.2. The molecule has 0 aliphatic carbocycles. The zero-order chi connectivity index (χ0) is 78.1. The number of aromatic amines is 3. The van der Waals surface area contributed by atoms with Crippen LogP contribution < -0.4 is 45.5 Å². The number of aryl methyl sites for hydroxylation is 2. The normalized spacial score (nSPS) is 13.1. The number of hydrogen-bond acceptors (Lipinski definition) is 18. The Balaban J connectivity index is 0.782. The maximum Gasteiger partial charge on any atom is 0.387 e. The number of imidazole rings is 3. The van der Waals surface area contributed by atoms with Crippen LogP contribution in [-0.4, -0.2) is 145 Å². The van der Waals surface area contributed by atoms with E-state index in [0.29, 0.717) is 33.4 Å². The molecule has 3 atom stereocenters. The van der Waals surface area contributed by atoms with Crippen molar-refractivity contribution in [2.45, 2.75) is 71.6 Å². The Bertz CT molecular complexity index is 6030. The molecule has 6 heterocycles. The quantitative estimate of drug-likeness (QED) is 0.0340. The maximum atomic E-state index is 16.7. The van der Waals surface area contributed by atoms with Crippen LogP contribution in [0.25, 0.3) is 66.9 Å². The average Bonchev–Trinajstić information content (AvgIpc) is 1.63. The van der Waals surface area contributed by atoms with Crippen molar-refractivity contribution in [3.8, 4) is 67.9 Å². The molecule has 24 nitrogen and oxygen atoms in total. The second-order valence-electron chi connectivity index (χ2n) is 25.7. The number of sulfone groups is 3. The minimum absolute atomic E-state index is 0.00776. The molecule has 0 bridgehead atoms. The first-order valence-electron chi connectivity index (χ1n) is 33.3. The third-order valence-corrected chi connectivity index (χ3v) is 20.7. The number of H-pyrrole nitrogens is 3. The minimum atomic E-state index is -4.00. The van der Waals surface area contributed by atoms with Crippen LogP contribution in [0, 0.1) is 25.5 Å². The topological polar surface area (TPSA) is 310 Å². The second kappa shape index (κ2) is 31.5. The van der Waals surface area contributed by atoms with Gasteiger partial charge in [-0.25, -0.2) is 63.4 Å². The predicted octanol–water partition coefficient (Wildman–Crippen LogP) is 12.0.